The van der Waals surface area contributed by atoms with E-state index < -0.39 is 28.5 Å². The number of carbonyl (C=O) groups is 1. The van der Waals surface area contributed by atoms with Crippen molar-refractivity contribution in [2.45, 2.75) is 24.2 Å². The van der Waals surface area contributed by atoms with Gasteiger partial charge in [-0.3, -0.25) is 9.80 Å². The van der Waals surface area contributed by atoms with E-state index in [1.165, 1.54) is 16.7 Å². The Morgan fingerprint density at radius 2 is 1.79 bits per heavy atom. The summed E-state index contributed by atoms with van der Waals surface area (Å²) in [7, 11) is -3.96. The molecule has 0 radical (unpaired) electrons. The highest BCUT2D eigenvalue weighted by Gasteiger charge is 2.31. The fraction of sp³-hybridized carbons (Fsp3) is 0.238. The van der Waals surface area contributed by atoms with Crippen LogP contribution in [0.5, 0.6) is 5.75 Å². The quantitative estimate of drug-likeness (QED) is 0.529. The molecular weight excluding hydrogens is 493 g/mol. The van der Waals surface area contributed by atoms with E-state index in [9.17, 15) is 26.4 Å². The van der Waals surface area contributed by atoms with Crippen LogP contribution >= 0.6 is 11.3 Å². The summed E-state index contributed by atoms with van der Waals surface area (Å²) in [5.74, 6) is -0.783. The number of carbonyl (C=O) groups excluding carboxylic acids is 1. The lowest BCUT2D eigenvalue weighted by atomic mass is 10.0. The molecule has 1 aromatic heterocycles. The number of rotatable bonds is 6. The molecule has 3 aromatic rings. The van der Waals surface area contributed by atoms with Crippen LogP contribution in [0.15, 0.2) is 46.7 Å². The average Bonchev–Trinajstić information content (AvgIpc) is 3.17. The Morgan fingerprint density at radius 1 is 1.12 bits per heavy atom. The topological polar surface area (TPSA) is 106 Å². The summed E-state index contributed by atoms with van der Waals surface area (Å²) >= 11 is 0.825. The van der Waals surface area contributed by atoms with Crippen LogP contribution in [0.4, 0.5) is 28.8 Å². The number of amides is 2. The highest BCUT2D eigenvalue weighted by Crippen LogP contribution is 2.35. The molecule has 1 aliphatic heterocycles. The van der Waals surface area contributed by atoms with Gasteiger partial charge in [-0.05, 0) is 49.2 Å². The van der Waals surface area contributed by atoms with Crippen molar-refractivity contribution in [3.8, 4) is 16.9 Å². The largest absolute Gasteiger partial charge is 0.434 e. The first-order valence-corrected chi connectivity index (χ1v) is 12.3. The van der Waals surface area contributed by atoms with Crippen LogP contribution in [0.3, 0.4) is 0 Å². The first kappa shape index (κ1) is 24.0. The van der Waals surface area contributed by atoms with Crippen molar-refractivity contribution in [1.29, 1.82) is 0 Å². The molecule has 2 amide bonds. The van der Waals surface area contributed by atoms with Gasteiger partial charge in [-0.25, -0.2) is 27.7 Å². The van der Waals surface area contributed by atoms with E-state index in [1.54, 1.807) is 24.3 Å². The molecule has 2 aromatic carbocycles. The van der Waals surface area contributed by atoms with Gasteiger partial charge in [0.15, 0.2) is 9.34 Å². The summed E-state index contributed by atoms with van der Waals surface area (Å²) in [5, 5.41) is 5.44. The zero-order valence-electron chi connectivity index (χ0n) is 17.7. The van der Waals surface area contributed by atoms with E-state index in [0.717, 1.165) is 29.5 Å². The number of hydrogen-bond acceptors (Lipinski definition) is 6. The number of anilines is 2. The maximum absolute atomic E-state index is 13.7. The lowest BCUT2D eigenvalue weighted by molar-refractivity contribution is -0.0495. The number of aromatic nitrogens is 1. The Labute approximate surface area is 197 Å². The van der Waals surface area contributed by atoms with Crippen LogP contribution < -0.4 is 19.7 Å². The zero-order chi connectivity index (χ0) is 24.6. The highest BCUT2D eigenvalue weighted by molar-refractivity contribution is 7.91. The standard InChI is InChI=1S/C21H19F3N4O4S2/c1-12-18(34(25,30)31)33-20(26-12)28-10-2-9-27(21(28)29)15-6-3-13(4-7-15)16-11-14(22)5-8-17(16)32-19(23)24/h3-8,11,19H,2,9-10H2,1H3,(H2,25,30,31). The number of urea groups is 1. The van der Waals surface area contributed by atoms with Crippen LogP contribution in [-0.4, -0.2) is 39.1 Å². The fourth-order valence-corrected chi connectivity index (χ4v) is 5.60. The lowest BCUT2D eigenvalue weighted by Gasteiger charge is -2.34. The third kappa shape index (κ3) is 4.86. The number of benzene rings is 2. The number of hydrogen-bond donors (Lipinski definition) is 1. The number of primary sulfonamides is 1. The fourth-order valence-electron chi connectivity index (χ4n) is 3.64. The van der Waals surface area contributed by atoms with Gasteiger partial charge < -0.3 is 4.74 Å². The van der Waals surface area contributed by atoms with Gasteiger partial charge >= 0.3 is 12.6 Å². The van der Waals surface area contributed by atoms with Crippen molar-refractivity contribution in [2.75, 3.05) is 22.9 Å². The molecule has 1 aliphatic rings. The minimum Gasteiger partial charge on any atom is -0.434 e. The van der Waals surface area contributed by atoms with Crippen molar-refractivity contribution < 1.29 is 31.1 Å². The van der Waals surface area contributed by atoms with Crippen molar-refractivity contribution in [3.05, 3.63) is 54.0 Å². The van der Waals surface area contributed by atoms with E-state index in [-0.39, 0.29) is 26.3 Å². The lowest BCUT2D eigenvalue weighted by Crippen LogP contribution is -2.49. The first-order chi connectivity index (χ1) is 16.0. The molecule has 34 heavy (non-hydrogen) atoms. The summed E-state index contributed by atoms with van der Waals surface area (Å²) in [6.07, 6.45) is 0.590. The number of halogens is 3. The second kappa shape index (κ2) is 9.24. The van der Waals surface area contributed by atoms with E-state index in [1.807, 2.05) is 0 Å². The number of ether oxygens (including phenoxy) is 1. The predicted molar refractivity (Wildman–Crippen MR) is 121 cm³/mol. The summed E-state index contributed by atoms with van der Waals surface area (Å²) < 4.78 is 67.0. The summed E-state index contributed by atoms with van der Waals surface area (Å²) in [4.78, 5) is 20.2. The van der Waals surface area contributed by atoms with Crippen LogP contribution in [-0.2, 0) is 10.0 Å². The first-order valence-electron chi connectivity index (χ1n) is 9.98. The molecule has 180 valence electrons. The summed E-state index contributed by atoms with van der Waals surface area (Å²) in [6, 6.07) is 9.20. The minimum absolute atomic E-state index is 0.103. The number of sulfonamides is 1. The normalized spacial score (nSPS) is 14.7. The average molecular weight is 513 g/mol. The van der Waals surface area contributed by atoms with E-state index >= 15 is 0 Å². The Kier molecular flexibility index (Phi) is 6.51. The zero-order valence-corrected chi connectivity index (χ0v) is 19.4. The molecule has 0 bridgehead atoms. The van der Waals surface area contributed by atoms with E-state index in [0.29, 0.717) is 30.8 Å². The van der Waals surface area contributed by atoms with Crippen LogP contribution in [0.2, 0.25) is 0 Å². The molecule has 4 rings (SSSR count). The van der Waals surface area contributed by atoms with Gasteiger partial charge in [-0.1, -0.05) is 23.5 Å². The molecule has 0 unspecified atom stereocenters. The molecule has 0 saturated carbocycles. The van der Waals surface area contributed by atoms with Gasteiger partial charge in [0, 0.05) is 24.3 Å². The third-order valence-corrected chi connectivity index (χ3v) is 7.84. The molecule has 2 heterocycles. The van der Waals surface area contributed by atoms with Gasteiger partial charge in [0.05, 0.1) is 5.69 Å². The number of nitrogens with two attached hydrogens (primary N) is 1. The number of aryl methyl sites for hydroxylation is 1. The maximum atomic E-state index is 13.7. The molecule has 0 atom stereocenters. The van der Waals surface area contributed by atoms with Gasteiger partial charge in [0.1, 0.15) is 11.6 Å². The Bertz CT molecular complexity index is 1330. The molecule has 1 fully saturated rings. The number of alkyl halides is 2. The second-order valence-corrected chi connectivity index (χ2v) is 10.2. The molecule has 0 spiro atoms. The monoisotopic (exact) mass is 512 g/mol. The molecule has 0 aliphatic carbocycles. The predicted octanol–water partition coefficient (Wildman–Crippen LogP) is 4.34. The summed E-state index contributed by atoms with van der Waals surface area (Å²) in [5.41, 5.74) is 1.31. The van der Waals surface area contributed by atoms with E-state index in [4.69, 9.17) is 5.14 Å². The van der Waals surface area contributed by atoms with Crippen LogP contribution in [0.25, 0.3) is 11.1 Å². The number of nitrogens with zero attached hydrogens (tertiary/aromatic N) is 3. The molecule has 8 nitrogen and oxygen atoms in total. The van der Waals surface area contributed by atoms with Crippen molar-refractivity contribution in [3.63, 3.8) is 0 Å². The SMILES string of the molecule is Cc1nc(N2CCCN(c3ccc(-c4cc(F)ccc4OC(F)F)cc3)C2=O)sc1S(N)(=O)=O. The molecule has 13 heteroatoms. The Hall–Kier alpha value is -3.16. The smallest absolute Gasteiger partial charge is 0.387 e. The van der Waals surface area contributed by atoms with Crippen molar-refractivity contribution in [2.24, 2.45) is 5.14 Å². The molecule has 1 saturated heterocycles. The Balaban J connectivity index is 1.60. The summed E-state index contributed by atoms with van der Waals surface area (Å²) in [6.45, 7) is -0.809. The third-order valence-electron chi connectivity index (χ3n) is 5.10. The second-order valence-electron chi connectivity index (χ2n) is 7.42. The maximum Gasteiger partial charge on any atom is 0.387 e. The van der Waals surface area contributed by atoms with Gasteiger partial charge in [-0.15, -0.1) is 0 Å². The van der Waals surface area contributed by atoms with Gasteiger partial charge in [0.2, 0.25) is 10.0 Å². The highest BCUT2D eigenvalue weighted by atomic mass is 32.2. The van der Waals surface area contributed by atoms with Crippen LogP contribution in [0, 0.1) is 12.7 Å². The molecular formula is C21H19F3N4O4S2. The van der Waals surface area contributed by atoms with E-state index in [2.05, 4.69) is 9.72 Å². The van der Waals surface area contributed by atoms with Crippen molar-refractivity contribution in [1.82, 2.24) is 4.98 Å². The van der Waals surface area contributed by atoms with Gasteiger partial charge in [0.25, 0.3) is 0 Å². The van der Waals surface area contributed by atoms with Crippen molar-refractivity contribution >= 4 is 38.2 Å². The van der Waals surface area contributed by atoms with Crippen LogP contribution in [0.1, 0.15) is 12.1 Å². The van der Waals surface area contributed by atoms with Gasteiger partial charge in [-0.2, -0.15) is 8.78 Å². The molecule has 2 N–H and O–H groups in total. The number of thiazole rings is 1. The minimum atomic E-state index is -3.96. The Morgan fingerprint density at radius 3 is 2.41 bits per heavy atom.